The van der Waals surface area contributed by atoms with Crippen molar-refractivity contribution in [3.05, 3.63) is 41.6 Å². The minimum absolute atomic E-state index is 0.0799. The van der Waals surface area contributed by atoms with E-state index in [0.29, 0.717) is 18.4 Å². The molecule has 0 amide bonds. The summed E-state index contributed by atoms with van der Waals surface area (Å²) in [5.41, 5.74) is 1.13. The van der Waals surface area contributed by atoms with Crippen molar-refractivity contribution >= 4 is 0 Å². The molecule has 0 bridgehead atoms. The highest BCUT2D eigenvalue weighted by Crippen LogP contribution is 2.37. The number of aromatic nitrogens is 2. The van der Waals surface area contributed by atoms with Gasteiger partial charge in [-0.3, -0.25) is 0 Å². The second-order valence-electron chi connectivity index (χ2n) is 4.99. The van der Waals surface area contributed by atoms with Crippen molar-refractivity contribution in [2.45, 2.75) is 32.2 Å². The van der Waals surface area contributed by atoms with Crippen molar-refractivity contribution in [3.8, 4) is 5.75 Å². The van der Waals surface area contributed by atoms with Crippen LogP contribution < -0.4 is 10.1 Å². The van der Waals surface area contributed by atoms with Crippen LogP contribution in [0.5, 0.6) is 5.75 Å². The summed E-state index contributed by atoms with van der Waals surface area (Å²) in [5, 5.41) is 11.7. The van der Waals surface area contributed by atoms with Gasteiger partial charge in [0.05, 0.1) is 18.6 Å². The third-order valence-corrected chi connectivity index (χ3v) is 3.59. The van der Waals surface area contributed by atoms with E-state index in [0.717, 1.165) is 24.3 Å². The van der Waals surface area contributed by atoms with Crippen LogP contribution in [0.2, 0.25) is 0 Å². The van der Waals surface area contributed by atoms with Crippen molar-refractivity contribution < 1.29 is 9.15 Å². The number of nitrogens with one attached hydrogen (secondary N) is 1. The molecule has 0 radical (unpaired) electrons. The first-order valence-electron chi connectivity index (χ1n) is 7.08. The second kappa shape index (κ2) is 5.63. The number of benzene rings is 1. The van der Waals surface area contributed by atoms with Gasteiger partial charge in [0.15, 0.2) is 0 Å². The average Bonchev–Trinajstić information content (AvgIpc) is 2.97. The Bertz CT molecular complexity index is 582. The first-order valence-corrected chi connectivity index (χ1v) is 7.08. The molecule has 0 spiro atoms. The monoisotopic (exact) mass is 273 g/mol. The first kappa shape index (κ1) is 13.1. The fraction of sp³-hybridized carbons (Fsp3) is 0.467. The molecule has 5 nitrogen and oxygen atoms in total. The zero-order valence-electron chi connectivity index (χ0n) is 11.8. The second-order valence-corrected chi connectivity index (χ2v) is 4.99. The van der Waals surface area contributed by atoms with Crippen LogP contribution in [0, 0.1) is 0 Å². The van der Waals surface area contributed by atoms with Gasteiger partial charge in [-0.1, -0.05) is 25.1 Å². The molecule has 1 aromatic heterocycles. The van der Waals surface area contributed by atoms with Crippen LogP contribution in [0.25, 0.3) is 0 Å². The number of para-hydroxylation sites is 1. The van der Waals surface area contributed by atoms with E-state index in [2.05, 4.69) is 28.5 Å². The Labute approximate surface area is 118 Å². The molecule has 0 aliphatic carbocycles. The number of rotatable bonds is 4. The van der Waals surface area contributed by atoms with Crippen molar-refractivity contribution in [1.82, 2.24) is 15.5 Å². The lowest BCUT2D eigenvalue weighted by molar-refractivity contribution is 0.262. The summed E-state index contributed by atoms with van der Waals surface area (Å²) in [6, 6.07) is 8.13. The molecule has 20 heavy (non-hydrogen) atoms. The van der Waals surface area contributed by atoms with E-state index < -0.39 is 0 Å². The van der Waals surface area contributed by atoms with Gasteiger partial charge in [-0.15, -0.1) is 10.2 Å². The topological polar surface area (TPSA) is 60.2 Å². The lowest BCUT2D eigenvalue weighted by Gasteiger charge is -2.23. The largest absolute Gasteiger partial charge is 0.493 e. The third kappa shape index (κ3) is 2.41. The molecule has 0 saturated carbocycles. The predicted octanol–water partition coefficient (Wildman–Crippen LogP) is 2.65. The molecule has 1 aromatic carbocycles. The van der Waals surface area contributed by atoms with Crippen molar-refractivity contribution in [3.63, 3.8) is 0 Å². The summed E-state index contributed by atoms with van der Waals surface area (Å²) in [4.78, 5) is 0. The maximum atomic E-state index is 5.85. The van der Waals surface area contributed by atoms with E-state index in [9.17, 15) is 0 Å². The molecule has 2 atom stereocenters. The van der Waals surface area contributed by atoms with E-state index in [1.54, 1.807) is 0 Å². The maximum Gasteiger partial charge on any atom is 0.233 e. The van der Waals surface area contributed by atoms with Crippen molar-refractivity contribution in [2.24, 2.45) is 0 Å². The number of ether oxygens (including phenoxy) is 1. The summed E-state index contributed by atoms with van der Waals surface area (Å²) < 4.78 is 11.5. The van der Waals surface area contributed by atoms with Gasteiger partial charge in [0.2, 0.25) is 11.8 Å². The van der Waals surface area contributed by atoms with Crippen molar-refractivity contribution in [1.29, 1.82) is 0 Å². The van der Waals surface area contributed by atoms with Gasteiger partial charge >= 0.3 is 0 Å². The van der Waals surface area contributed by atoms with Gasteiger partial charge in [-0.05, 0) is 26.0 Å². The Kier molecular flexibility index (Phi) is 3.69. The zero-order chi connectivity index (χ0) is 13.9. The predicted molar refractivity (Wildman–Crippen MR) is 74.8 cm³/mol. The molecule has 0 saturated heterocycles. The summed E-state index contributed by atoms with van der Waals surface area (Å²) in [5.74, 6) is 2.38. The third-order valence-electron chi connectivity index (χ3n) is 3.59. The highest BCUT2D eigenvalue weighted by Gasteiger charge is 2.27. The molecule has 2 aromatic rings. The molecule has 5 heteroatoms. The van der Waals surface area contributed by atoms with Crippen LogP contribution in [-0.4, -0.2) is 23.3 Å². The van der Waals surface area contributed by atoms with Crippen LogP contribution in [0.3, 0.4) is 0 Å². The fourth-order valence-electron chi connectivity index (χ4n) is 2.55. The molecule has 0 fully saturated rings. The van der Waals surface area contributed by atoms with E-state index >= 15 is 0 Å². The summed E-state index contributed by atoms with van der Waals surface area (Å²) >= 11 is 0. The number of nitrogens with zero attached hydrogens (tertiary/aromatic N) is 2. The van der Waals surface area contributed by atoms with Gasteiger partial charge in [-0.2, -0.15) is 0 Å². The molecule has 106 valence electrons. The quantitative estimate of drug-likeness (QED) is 0.928. The standard InChI is InChI=1S/C15H19N3O2/c1-3-16-10(2)14-17-18-15(20-14)12-8-9-19-13-7-5-4-6-11(12)13/h4-7,10,12,16H,3,8-9H2,1-2H3. The van der Waals surface area contributed by atoms with Crippen molar-refractivity contribution in [2.75, 3.05) is 13.2 Å². The highest BCUT2D eigenvalue weighted by atomic mass is 16.5. The van der Waals surface area contributed by atoms with E-state index in [1.165, 1.54) is 0 Å². The van der Waals surface area contributed by atoms with Crippen LogP contribution in [0.4, 0.5) is 0 Å². The van der Waals surface area contributed by atoms with Crippen LogP contribution in [-0.2, 0) is 0 Å². The minimum atomic E-state index is 0.0799. The Morgan fingerprint density at radius 1 is 1.35 bits per heavy atom. The van der Waals surface area contributed by atoms with E-state index in [4.69, 9.17) is 9.15 Å². The number of hydrogen-bond acceptors (Lipinski definition) is 5. The van der Waals surface area contributed by atoms with Gasteiger partial charge in [0, 0.05) is 5.56 Å². The maximum absolute atomic E-state index is 5.85. The molecule has 1 N–H and O–H groups in total. The lowest BCUT2D eigenvalue weighted by Crippen LogP contribution is -2.18. The molecule has 2 heterocycles. The molecular formula is C15H19N3O2. The normalized spacial score (nSPS) is 19.2. The minimum Gasteiger partial charge on any atom is -0.493 e. The molecule has 1 aliphatic rings. The average molecular weight is 273 g/mol. The molecular weight excluding hydrogens is 254 g/mol. The summed E-state index contributed by atoms with van der Waals surface area (Å²) in [6.45, 7) is 5.64. The van der Waals surface area contributed by atoms with Crippen LogP contribution in [0.15, 0.2) is 28.7 Å². The lowest BCUT2D eigenvalue weighted by atomic mass is 9.93. The zero-order valence-corrected chi connectivity index (χ0v) is 11.8. The molecule has 2 unspecified atom stereocenters. The number of hydrogen-bond donors (Lipinski definition) is 1. The Balaban J connectivity index is 1.87. The van der Waals surface area contributed by atoms with E-state index in [1.807, 2.05) is 25.1 Å². The fourth-order valence-corrected chi connectivity index (χ4v) is 2.55. The van der Waals surface area contributed by atoms with Crippen LogP contribution in [0.1, 0.15) is 49.6 Å². The Morgan fingerprint density at radius 2 is 2.20 bits per heavy atom. The summed E-state index contributed by atoms with van der Waals surface area (Å²) in [7, 11) is 0. The van der Waals surface area contributed by atoms with Gasteiger partial charge in [0.25, 0.3) is 0 Å². The van der Waals surface area contributed by atoms with Crippen LogP contribution >= 0.6 is 0 Å². The number of fused-ring (bicyclic) bond motifs is 1. The first-order chi connectivity index (χ1) is 9.79. The van der Waals surface area contributed by atoms with Gasteiger partial charge in [0.1, 0.15) is 5.75 Å². The highest BCUT2D eigenvalue weighted by molar-refractivity contribution is 5.40. The molecule has 3 rings (SSSR count). The van der Waals surface area contributed by atoms with Gasteiger partial charge < -0.3 is 14.5 Å². The SMILES string of the molecule is CCNC(C)c1nnc(C2CCOc3ccccc32)o1. The molecule has 1 aliphatic heterocycles. The van der Waals surface area contributed by atoms with E-state index in [-0.39, 0.29) is 12.0 Å². The van der Waals surface area contributed by atoms with Gasteiger partial charge in [-0.25, -0.2) is 0 Å². The Morgan fingerprint density at radius 3 is 3.05 bits per heavy atom. The smallest absolute Gasteiger partial charge is 0.233 e. The Hall–Kier alpha value is -1.88. The summed E-state index contributed by atoms with van der Waals surface area (Å²) in [6.07, 6.45) is 0.869.